The minimum atomic E-state index is -0.0213. The van der Waals surface area contributed by atoms with Crippen molar-refractivity contribution in [3.63, 3.8) is 0 Å². The molecule has 0 spiro atoms. The third kappa shape index (κ3) is 3.15. The maximum atomic E-state index is 8.62. The first-order valence-corrected chi connectivity index (χ1v) is 6.48. The van der Waals surface area contributed by atoms with Gasteiger partial charge in [0.15, 0.2) is 5.84 Å². The summed E-state index contributed by atoms with van der Waals surface area (Å²) in [5.41, 5.74) is 7.01. The molecule has 0 bridgehead atoms. The van der Waals surface area contributed by atoms with E-state index in [1.807, 2.05) is 19.1 Å². The van der Waals surface area contributed by atoms with Crippen molar-refractivity contribution in [3.8, 4) is 11.5 Å². The molecule has 4 nitrogen and oxygen atoms in total. The molecular weight excluding hydrogens is 299 g/mol. The zero-order valence-electron chi connectivity index (χ0n) is 10.6. The largest absolute Gasteiger partial charge is 0.454 e. The van der Waals surface area contributed by atoms with Crippen molar-refractivity contribution in [2.75, 3.05) is 0 Å². The molecule has 0 aliphatic heterocycles. The number of benzene rings is 2. The molecule has 0 atom stereocenters. The zero-order chi connectivity index (χ0) is 14.7. The normalized spacial score (nSPS) is 11.4. The summed E-state index contributed by atoms with van der Waals surface area (Å²) >= 11 is 12.2. The van der Waals surface area contributed by atoms with Crippen molar-refractivity contribution >= 4 is 29.0 Å². The van der Waals surface area contributed by atoms with E-state index < -0.39 is 0 Å². The zero-order valence-corrected chi connectivity index (χ0v) is 12.1. The van der Waals surface area contributed by atoms with Crippen LogP contribution in [0.15, 0.2) is 41.6 Å². The smallest absolute Gasteiger partial charge is 0.170 e. The Morgan fingerprint density at radius 3 is 2.50 bits per heavy atom. The van der Waals surface area contributed by atoms with Crippen molar-refractivity contribution in [2.24, 2.45) is 10.9 Å². The van der Waals surface area contributed by atoms with E-state index in [1.54, 1.807) is 24.3 Å². The Labute approximate surface area is 126 Å². The van der Waals surface area contributed by atoms with Crippen molar-refractivity contribution in [2.45, 2.75) is 6.92 Å². The van der Waals surface area contributed by atoms with Gasteiger partial charge in [0, 0.05) is 5.56 Å². The molecule has 2 rings (SSSR count). The maximum absolute atomic E-state index is 8.62. The molecule has 0 aliphatic rings. The summed E-state index contributed by atoms with van der Waals surface area (Å²) in [6, 6.07) is 10.3. The molecule has 0 fully saturated rings. The van der Waals surface area contributed by atoms with Crippen LogP contribution in [0.5, 0.6) is 11.5 Å². The fraction of sp³-hybridized carbons (Fsp3) is 0.0714. The Morgan fingerprint density at radius 2 is 1.85 bits per heavy atom. The number of halogens is 2. The Bertz CT molecular complexity index is 672. The van der Waals surface area contributed by atoms with Gasteiger partial charge in [-0.25, -0.2) is 0 Å². The maximum Gasteiger partial charge on any atom is 0.170 e. The van der Waals surface area contributed by atoms with Crippen LogP contribution in [0.1, 0.15) is 11.1 Å². The van der Waals surface area contributed by atoms with Crippen LogP contribution in [0.3, 0.4) is 0 Å². The summed E-state index contributed by atoms with van der Waals surface area (Å²) < 4.78 is 5.68. The minimum Gasteiger partial charge on any atom is -0.454 e. The number of rotatable bonds is 3. The number of nitrogens with zero attached hydrogens (tertiary/aromatic N) is 1. The van der Waals surface area contributed by atoms with Crippen LogP contribution in [-0.2, 0) is 0 Å². The molecule has 2 aromatic rings. The lowest BCUT2D eigenvalue weighted by Gasteiger charge is -2.10. The van der Waals surface area contributed by atoms with E-state index in [9.17, 15) is 0 Å². The molecule has 104 valence electrons. The molecule has 6 heteroatoms. The lowest BCUT2D eigenvalue weighted by atomic mass is 10.2. The van der Waals surface area contributed by atoms with Gasteiger partial charge in [-0.15, -0.1) is 0 Å². The van der Waals surface area contributed by atoms with Crippen LogP contribution in [-0.4, -0.2) is 11.0 Å². The molecule has 2 aromatic carbocycles. The van der Waals surface area contributed by atoms with Crippen molar-refractivity contribution in [1.29, 1.82) is 0 Å². The van der Waals surface area contributed by atoms with Gasteiger partial charge in [-0.05, 0) is 42.8 Å². The average molecular weight is 311 g/mol. The Morgan fingerprint density at radius 1 is 1.10 bits per heavy atom. The average Bonchev–Trinajstić information content (AvgIpc) is 2.44. The number of amidine groups is 1. The van der Waals surface area contributed by atoms with Gasteiger partial charge in [0.05, 0.1) is 10.0 Å². The number of hydrogen-bond donors (Lipinski definition) is 2. The Balaban J connectivity index is 2.33. The van der Waals surface area contributed by atoms with Gasteiger partial charge in [0.2, 0.25) is 0 Å². The third-order valence-corrected chi connectivity index (χ3v) is 3.25. The summed E-state index contributed by atoms with van der Waals surface area (Å²) in [5, 5.41) is 12.4. The van der Waals surface area contributed by atoms with E-state index in [-0.39, 0.29) is 5.84 Å². The summed E-state index contributed by atoms with van der Waals surface area (Å²) in [5.74, 6) is 0.936. The van der Waals surface area contributed by atoms with Gasteiger partial charge >= 0.3 is 0 Å². The molecule has 0 saturated carbocycles. The molecule has 0 heterocycles. The molecule has 0 radical (unpaired) electrons. The second-order valence-electron chi connectivity index (χ2n) is 4.17. The Hall–Kier alpha value is -1.91. The number of hydrogen-bond acceptors (Lipinski definition) is 3. The summed E-state index contributed by atoms with van der Waals surface area (Å²) in [6.45, 7) is 1.94. The van der Waals surface area contributed by atoms with Crippen LogP contribution in [0.4, 0.5) is 0 Å². The van der Waals surface area contributed by atoms with Gasteiger partial charge in [-0.2, -0.15) is 0 Å². The van der Waals surface area contributed by atoms with Gasteiger partial charge in [-0.1, -0.05) is 34.4 Å². The van der Waals surface area contributed by atoms with E-state index in [0.717, 1.165) is 5.56 Å². The molecular formula is C14H12Cl2N2O2. The fourth-order valence-electron chi connectivity index (χ4n) is 1.61. The van der Waals surface area contributed by atoms with Crippen LogP contribution in [0.25, 0.3) is 0 Å². The SMILES string of the molecule is Cc1ccc(Cl)c(Oc2ccc(C(N)=NO)cc2Cl)c1. The number of ether oxygens (including phenoxy) is 1. The summed E-state index contributed by atoms with van der Waals surface area (Å²) in [6.07, 6.45) is 0. The first kappa shape index (κ1) is 14.5. The van der Waals surface area contributed by atoms with E-state index in [2.05, 4.69) is 5.16 Å². The van der Waals surface area contributed by atoms with Crippen LogP contribution in [0, 0.1) is 6.92 Å². The lowest BCUT2D eigenvalue weighted by molar-refractivity contribution is 0.318. The van der Waals surface area contributed by atoms with Gasteiger partial charge in [0.1, 0.15) is 11.5 Å². The summed E-state index contributed by atoms with van der Waals surface area (Å²) in [4.78, 5) is 0. The quantitative estimate of drug-likeness (QED) is 0.386. The molecule has 0 aliphatic carbocycles. The molecule has 20 heavy (non-hydrogen) atoms. The Kier molecular flexibility index (Phi) is 4.37. The van der Waals surface area contributed by atoms with E-state index >= 15 is 0 Å². The predicted octanol–water partition coefficient (Wildman–Crippen LogP) is 4.19. The molecule has 0 saturated heterocycles. The minimum absolute atomic E-state index is 0.0213. The fourth-order valence-corrected chi connectivity index (χ4v) is 1.98. The number of nitrogens with two attached hydrogens (primary N) is 1. The summed E-state index contributed by atoms with van der Waals surface area (Å²) in [7, 11) is 0. The van der Waals surface area contributed by atoms with Crippen LogP contribution >= 0.6 is 23.2 Å². The van der Waals surface area contributed by atoms with Crippen molar-refractivity contribution in [3.05, 3.63) is 57.6 Å². The molecule has 3 N–H and O–H groups in total. The topological polar surface area (TPSA) is 67.8 Å². The lowest BCUT2D eigenvalue weighted by Crippen LogP contribution is -2.12. The first-order chi connectivity index (χ1) is 9.51. The predicted molar refractivity (Wildman–Crippen MR) is 80.2 cm³/mol. The standard InChI is InChI=1S/C14H12Cl2N2O2/c1-8-2-4-10(15)13(6-8)20-12-5-3-9(7-11(12)16)14(17)18-19/h2-7,19H,1H3,(H2,17,18). The van der Waals surface area contributed by atoms with Crippen molar-refractivity contribution in [1.82, 2.24) is 0 Å². The highest BCUT2D eigenvalue weighted by Crippen LogP contribution is 2.34. The van der Waals surface area contributed by atoms with Gasteiger partial charge in [0.25, 0.3) is 0 Å². The van der Waals surface area contributed by atoms with Crippen LogP contribution < -0.4 is 10.5 Å². The van der Waals surface area contributed by atoms with E-state index in [0.29, 0.717) is 27.1 Å². The van der Waals surface area contributed by atoms with E-state index in [4.69, 9.17) is 38.9 Å². The molecule has 0 amide bonds. The highest BCUT2D eigenvalue weighted by molar-refractivity contribution is 6.33. The highest BCUT2D eigenvalue weighted by atomic mass is 35.5. The van der Waals surface area contributed by atoms with Crippen molar-refractivity contribution < 1.29 is 9.94 Å². The number of oxime groups is 1. The molecule has 0 aromatic heterocycles. The van der Waals surface area contributed by atoms with Gasteiger partial charge in [-0.3, -0.25) is 0 Å². The van der Waals surface area contributed by atoms with E-state index in [1.165, 1.54) is 0 Å². The molecule has 0 unspecified atom stereocenters. The first-order valence-electron chi connectivity index (χ1n) is 5.72. The third-order valence-electron chi connectivity index (χ3n) is 2.64. The van der Waals surface area contributed by atoms with Crippen LogP contribution in [0.2, 0.25) is 10.0 Å². The van der Waals surface area contributed by atoms with Gasteiger partial charge < -0.3 is 15.7 Å². The number of aryl methyl sites for hydroxylation is 1. The highest BCUT2D eigenvalue weighted by Gasteiger charge is 2.09. The second kappa shape index (κ2) is 6.03. The monoisotopic (exact) mass is 310 g/mol. The second-order valence-corrected chi connectivity index (χ2v) is 4.98.